The molecule has 3 aromatic carbocycles. The quantitative estimate of drug-likeness (QED) is 0.307. The highest BCUT2D eigenvalue weighted by Gasteiger charge is 2.28. The molecule has 0 saturated carbocycles. The zero-order chi connectivity index (χ0) is 26.3. The number of aryl methyl sites for hydroxylation is 1. The molecule has 3 rings (SSSR count). The first-order valence-electron chi connectivity index (χ1n) is 11.6. The van der Waals surface area contributed by atoms with Crippen molar-refractivity contribution in [3.8, 4) is 5.75 Å². The fraction of sp³-hybridized carbons (Fsp3) is 0.286. The molecule has 190 valence electrons. The number of benzene rings is 3. The van der Waals surface area contributed by atoms with E-state index in [1.54, 1.807) is 36.4 Å². The number of ether oxygens (including phenoxy) is 1. The van der Waals surface area contributed by atoms with Gasteiger partial charge in [0.1, 0.15) is 12.3 Å². The van der Waals surface area contributed by atoms with Gasteiger partial charge in [0.25, 0.3) is 15.9 Å². The molecule has 3 aromatic rings. The summed E-state index contributed by atoms with van der Waals surface area (Å²) in [6.07, 6.45) is 0.624. The molecular weight excluding hydrogens is 474 g/mol. The summed E-state index contributed by atoms with van der Waals surface area (Å²) in [6.45, 7) is 7.50. The fourth-order valence-corrected chi connectivity index (χ4v) is 5.33. The van der Waals surface area contributed by atoms with Crippen LogP contribution >= 0.6 is 0 Å². The minimum Gasteiger partial charge on any atom is -0.497 e. The van der Waals surface area contributed by atoms with Gasteiger partial charge in [-0.25, -0.2) is 13.8 Å². The third-order valence-electron chi connectivity index (χ3n) is 5.86. The fourth-order valence-electron chi connectivity index (χ4n) is 3.91. The summed E-state index contributed by atoms with van der Waals surface area (Å²) in [6, 6.07) is 23.2. The van der Waals surface area contributed by atoms with Crippen molar-refractivity contribution in [2.45, 2.75) is 44.4 Å². The molecule has 0 aliphatic carbocycles. The Hall–Kier alpha value is -3.65. The first kappa shape index (κ1) is 26.9. The van der Waals surface area contributed by atoms with Gasteiger partial charge in [0.2, 0.25) is 0 Å². The van der Waals surface area contributed by atoms with E-state index in [9.17, 15) is 13.2 Å². The van der Waals surface area contributed by atoms with Crippen LogP contribution in [0.2, 0.25) is 0 Å². The van der Waals surface area contributed by atoms with Crippen LogP contribution in [0.5, 0.6) is 5.75 Å². The molecule has 0 saturated heterocycles. The summed E-state index contributed by atoms with van der Waals surface area (Å²) in [7, 11) is -2.53. The van der Waals surface area contributed by atoms with Gasteiger partial charge in [-0.2, -0.15) is 5.10 Å². The normalized spacial score (nSPS) is 12.2. The summed E-state index contributed by atoms with van der Waals surface area (Å²) in [5, 5.41) is 4.25. The Labute approximate surface area is 213 Å². The second-order valence-corrected chi connectivity index (χ2v) is 11.2. The average Bonchev–Trinajstić information content (AvgIpc) is 2.86. The van der Waals surface area contributed by atoms with Gasteiger partial charge in [0, 0.05) is 11.8 Å². The number of carbonyl (C=O) groups excluding carboxylic acids is 1. The van der Waals surface area contributed by atoms with Crippen LogP contribution in [0.4, 0.5) is 5.69 Å². The first-order chi connectivity index (χ1) is 17.0. The van der Waals surface area contributed by atoms with Crippen molar-refractivity contribution in [1.82, 2.24) is 5.43 Å². The maximum absolute atomic E-state index is 13.5. The number of nitrogens with one attached hydrogen (secondary N) is 1. The Morgan fingerprint density at radius 2 is 1.67 bits per heavy atom. The molecule has 1 N–H and O–H groups in total. The standard InChI is InChI=1S/C28H33N3O4S/c1-21-14-16-26(17-15-21)36(33,34)31(24-12-9-13-25(18-24)35-5)20-27(32)30-29-22(2)19-28(3,4)23-10-7-6-8-11-23/h6-18H,19-20H2,1-5H3,(H,30,32)/b29-22-. The number of nitrogens with zero attached hydrogens (tertiary/aromatic N) is 2. The predicted molar refractivity (Wildman–Crippen MR) is 144 cm³/mol. The van der Waals surface area contributed by atoms with Gasteiger partial charge < -0.3 is 4.74 Å². The number of rotatable bonds is 10. The highest BCUT2D eigenvalue weighted by Crippen LogP contribution is 2.28. The number of hydrogen-bond acceptors (Lipinski definition) is 5. The van der Waals surface area contributed by atoms with Crippen LogP contribution < -0.4 is 14.5 Å². The van der Waals surface area contributed by atoms with Crippen LogP contribution in [-0.4, -0.2) is 33.7 Å². The lowest BCUT2D eigenvalue weighted by molar-refractivity contribution is -0.119. The van der Waals surface area contributed by atoms with E-state index in [4.69, 9.17) is 4.74 Å². The number of sulfonamides is 1. The molecular formula is C28H33N3O4S. The molecule has 0 heterocycles. The van der Waals surface area contributed by atoms with Crippen LogP contribution in [0.25, 0.3) is 0 Å². The number of hydrazone groups is 1. The van der Waals surface area contributed by atoms with E-state index in [0.717, 1.165) is 15.6 Å². The first-order valence-corrected chi connectivity index (χ1v) is 13.1. The summed E-state index contributed by atoms with van der Waals surface area (Å²) in [5.41, 5.74) is 5.49. The minimum atomic E-state index is -4.03. The largest absolute Gasteiger partial charge is 0.497 e. The molecule has 0 aromatic heterocycles. The van der Waals surface area contributed by atoms with E-state index in [2.05, 4.69) is 36.5 Å². The minimum absolute atomic E-state index is 0.0908. The number of amides is 1. The molecule has 8 heteroatoms. The number of carbonyl (C=O) groups is 1. The van der Waals surface area contributed by atoms with Crippen LogP contribution in [0, 0.1) is 6.92 Å². The van der Waals surface area contributed by atoms with E-state index < -0.39 is 22.5 Å². The zero-order valence-corrected chi connectivity index (χ0v) is 22.2. The van der Waals surface area contributed by atoms with Crippen molar-refractivity contribution in [1.29, 1.82) is 0 Å². The second kappa shape index (κ2) is 11.4. The van der Waals surface area contributed by atoms with Crippen LogP contribution in [0.1, 0.15) is 38.3 Å². The number of anilines is 1. The van der Waals surface area contributed by atoms with E-state index >= 15 is 0 Å². The summed E-state index contributed by atoms with van der Waals surface area (Å²) < 4.78 is 33.4. The van der Waals surface area contributed by atoms with Crippen LogP contribution in [0.15, 0.2) is 88.9 Å². The highest BCUT2D eigenvalue weighted by molar-refractivity contribution is 7.92. The Morgan fingerprint density at radius 3 is 2.31 bits per heavy atom. The van der Waals surface area contributed by atoms with E-state index in [0.29, 0.717) is 17.9 Å². The van der Waals surface area contributed by atoms with Crippen LogP contribution in [0.3, 0.4) is 0 Å². The summed E-state index contributed by atoms with van der Waals surface area (Å²) >= 11 is 0. The third-order valence-corrected chi connectivity index (χ3v) is 7.65. The summed E-state index contributed by atoms with van der Waals surface area (Å²) in [5.74, 6) is -0.0700. The smallest absolute Gasteiger partial charge is 0.264 e. The maximum atomic E-state index is 13.5. The van der Waals surface area contributed by atoms with E-state index in [1.165, 1.54) is 24.8 Å². The van der Waals surface area contributed by atoms with Crippen molar-refractivity contribution < 1.29 is 17.9 Å². The number of hydrogen-bond donors (Lipinski definition) is 1. The summed E-state index contributed by atoms with van der Waals surface area (Å²) in [4.78, 5) is 13.0. The Balaban J connectivity index is 1.82. The topological polar surface area (TPSA) is 88.1 Å². The zero-order valence-electron chi connectivity index (χ0n) is 21.4. The lowest BCUT2D eigenvalue weighted by Gasteiger charge is -2.25. The van der Waals surface area contributed by atoms with Gasteiger partial charge in [-0.05, 0) is 55.5 Å². The van der Waals surface area contributed by atoms with Crippen molar-refractivity contribution >= 4 is 27.3 Å². The molecule has 0 unspecified atom stereocenters. The van der Waals surface area contributed by atoms with E-state index in [-0.39, 0.29) is 10.3 Å². The molecule has 0 aliphatic rings. The van der Waals surface area contributed by atoms with Gasteiger partial charge in [-0.3, -0.25) is 9.10 Å². The average molecular weight is 508 g/mol. The van der Waals surface area contributed by atoms with Crippen molar-refractivity contribution in [2.24, 2.45) is 5.10 Å². The number of methoxy groups -OCH3 is 1. The molecule has 0 fully saturated rings. The molecule has 0 spiro atoms. The molecule has 36 heavy (non-hydrogen) atoms. The van der Waals surface area contributed by atoms with Gasteiger partial charge in [0.05, 0.1) is 17.7 Å². The lowest BCUT2D eigenvalue weighted by Crippen LogP contribution is -2.39. The lowest BCUT2D eigenvalue weighted by atomic mass is 9.80. The van der Waals surface area contributed by atoms with Gasteiger partial charge in [0.15, 0.2) is 0 Å². The molecule has 0 aliphatic heterocycles. The molecule has 0 bridgehead atoms. The van der Waals surface area contributed by atoms with Crippen LogP contribution in [-0.2, 0) is 20.2 Å². The maximum Gasteiger partial charge on any atom is 0.264 e. The highest BCUT2D eigenvalue weighted by atomic mass is 32.2. The Bertz CT molecular complexity index is 1320. The molecule has 0 radical (unpaired) electrons. The Morgan fingerprint density at radius 1 is 1.00 bits per heavy atom. The molecule has 1 amide bonds. The van der Waals surface area contributed by atoms with Gasteiger partial charge in [-0.1, -0.05) is 67.9 Å². The predicted octanol–water partition coefficient (Wildman–Crippen LogP) is 5.06. The van der Waals surface area contributed by atoms with Crippen molar-refractivity contribution in [2.75, 3.05) is 18.0 Å². The van der Waals surface area contributed by atoms with Gasteiger partial charge >= 0.3 is 0 Å². The SMILES string of the molecule is COc1cccc(N(CC(=O)N/N=C(/C)CC(C)(C)c2ccccc2)S(=O)(=O)c2ccc(C)cc2)c1. The third kappa shape index (κ3) is 6.73. The molecule has 0 atom stereocenters. The monoisotopic (exact) mass is 507 g/mol. The van der Waals surface area contributed by atoms with Gasteiger partial charge in [-0.15, -0.1) is 0 Å². The molecule has 7 nitrogen and oxygen atoms in total. The second-order valence-electron chi connectivity index (χ2n) is 9.33. The Kier molecular flexibility index (Phi) is 8.53. The van der Waals surface area contributed by atoms with E-state index in [1.807, 2.05) is 32.0 Å². The van der Waals surface area contributed by atoms with Crippen molar-refractivity contribution in [3.05, 3.63) is 90.0 Å². The van der Waals surface area contributed by atoms with Crippen molar-refractivity contribution in [3.63, 3.8) is 0 Å².